The van der Waals surface area contributed by atoms with Gasteiger partial charge < -0.3 is 10.0 Å². The molecule has 2 aromatic rings. The van der Waals surface area contributed by atoms with Crippen LogP contribution in [0.15, 0.2) is 46.6 Å². The van der Waals surface area contributed by atoms with Gasteiger partial charge in [-0.05, 0) is 30.7 Å². The van der Waals surface area contributed by atoms with E-state index in [1.165, 1.54) is 0 Å². The van der Waals surface area contributed by atoms with E-state index in [0.29, 0.717) is 12.1 Å². The highest BCUT2D eigenvalue weighted by molar-refractivity contribution is 5.95. The normalized spacial score (nSPS) is 13.2. The van der Waals surface area contributed by atoms with Gasteiger partial charge in [-0.25, -0.2) is 8.78 Å². The number of phenols is 1. The van der Waals surface area contributed by atoms with Crippen molar-refractivity contribution >= 4 is 18.1 Å². The Morgan fingerprint density at radius 3 is 2.24 bits per heavy atom. The van der Waals surface area contributed by atoms with Gasteiger partial charge >= 0.3 is 0 Å². The first-order valence-corrected chi connectivity index (χ1v) is 7.59. The lowest BCUT2D eigenvalue weighted by molar-refractivity contribution is 0.456. The molecule has 3 rings (SSSR count). The third-order valence-corrected chi connectivity index (χ3v) is 3.92. The van der Waals surface area contributed by atoms with Crippen molar-refractivity contribution in [3.05, 3.63) is 59.2 Å². The second-order valence-electron chi connectivity index (χ2n) is 5.51. The molecule has 0 aliphatic carbocycles. The molecule has 0 amide bonds. The van der Waals surface area contributed by atoms with Gasteiger partial charge in [0, 0.05) is 29.9 Å². The van der Waals surface area contributed by atoms with E-state index in [1.807, 2.05) is 11.0 Å². The third kappa shape index (κ3) is 3.63. The van der Waals surface area contributed by atoms with Crippen LogP contribution in [0.3, 0.4) is 0 Å². The van der Waals surface area contributed by atoms with Gasteiger partial charge in [0.15, 0.2) is 0 Å². The Balaban J connectivity index is 1.85. The highest BCUT2D eigenvalue weighted by Gasteiger charge is 2.20. The molecular weight excluding hydrogens is 326 g/mol. The second-order valence-corrected chi connectivity index (χ2v) is 5.51. The van der Waals surface area contributed by atoms with Crippen molar-refractivity contribution in [3.8, 4) is 11.8 Å². The Labute approximate surface area is 143 Å². The van der Waals surface area contributed by atoms with E-state index < -0.39 is 17.4 Å². The molecule has 2 aromatic carbocycles. The highest BCUT2D eigenvalue weighted by atomic mass is 19.1. The van der Waals surface area contributed by atoms with Gasteiger partial charge in [0.25, 0.3) is 0 Å². The van der Waals surface area contributed by atoms with Crippen LogP contribution in [-0.4, -0.2) is 30.1 Å². The molecule has 25 heavy (non-hydrogen) atoms. The third-order valence-electron chi connectivity index (χ3n) is 3.92. The molecule has 0 saturated heterocycles. The predicted molar refractivity (Wildman–Crippen MR) is 91.0 cm³/mol. The Bertz CT molecular complexity index is 837. The maximum Gasteiger partial charge on any atom is 0.133 e. The van der Waals surface area contributed by atoms with Gasteiger partial charge in [0.1, 0.15) is 23.4 Å². The minimum atomic E-state index is -0.786. The van der Waals surface area contributed by atoms with E-state index in [4.69, 9.17) is 5.26 Å². The van der Waals surface area contributed by atoms with Gasteiger partial charge in [-0.2, -0.15) is 15.5 Å². The Morgan fingerprint density at radius 1 is 1.08 bits per heavy atom. The number of phenolic OH excluding ortho intramolecular Hbond substituents is 1. The maximum absolute atomic E-state index is 13.9. The maximum atomic E-state index is 13.9. The average Bonchev–Trinajstić information content (AvgIpc) is 3.12. The van der Waals surface area contributed by atoms with Crippen LogP contribution < -0.4 is 4.90 Å². The first-order valence-electron chi connectivity index (χ1n) is 7.59. The minimum Gasteiger partial charge on any atom is -0.508 e. The summed E-state index contributed by atoms with van der Waals surface area (Å²) in [6, 6.07) is 10.5. The number of rotatable bonds is 5. The Hall–Kier alpha value is -3.27. The molecule has 0 unspecified atom stereocenters. The summed E-state index contributed by atoms with van der Waals surface area (Å²) in [7, 11) is 0. The number of anilines is 1. The van der Waals surface area contributed by atoms with Crippen LogP contribution in [0, 0.1) is 23.0 Å². The van der Waals surface area contributed by atoms with E-state index in [2.05, 4.69) is 10.2 Å². The summed E-state index contributed by atoms with van der Waals surface area (Å²) in [4.78, 5) is 1.88. The second kappa shape index (κ2) is 7.09. The number of hydrogen-bond acceptors (Lipinski definition) is 5. The fraction of sp³-hybridized carbons (Fsp3) is 0.167. The largest absolute Gasteiger partial charge is 0.508 e. The van der Waals surface area contributed by atoms with E-state index in [0.717, 1.165) is 17.8 Å². The molecule has 1 aliphatic rings. The number of nitrogens with zero attached hydrogens (tertiary/aromatic N) is 4. The topological polar surface area (TPSA) is 72.0 Å². The molecule has 0 fully saturated rings. The molecule has 0 radical (unpaired) electrons. The first kappa shape index (κ1) is 16.6. The summed E-state index contributed by atoms with van der Waals surface area (Å²) in [6.45, 7) is 0.299. The zero-order valence-electron chi connectivity index (χ0n) is 13.1. The van der Waals surface area contributed by atoms with Crippen LogP contribution in [0.25, 0.3) is 0 Å². The lowest BCUT2D eigenvalue weighted by Crippen LogP contribution is -2.38. The van der Waals surface area contributed by atoms with Gasteiger partial charge in [-0.15, -0.1) is 0 Å². The average molecular weight is 340 g/mol. The van der Waals surface area contributed by atoms with E-state index >= 15 is 0 Å². The van der Waals surface area contributed by atoms with Crippen molar-refractivity contribution in [2.24, 2.45) is 10.2 Å². The standard InChI is InChI=1S/C18H14F2N4O/c19-17-7-15(25)8-18(20)16(17)5-6-24(14-10-22-23-11-14)13-3-1-12(9-21)2-4-13/h1-4,7-8,10-11,14,25H,5-6H2. The quantitative estimate of drug-likeness (QED) is 0.909. The minimum absolute atomic E-state index is 0.0934. The molecule has 0 atom stereocenters. The SMILES string of the molecule is N#Cc1ccc(N(CCc2c(F)cc(O)cc2F)C2C=NN=C2)cc1. The zero-order chi connectivity index (χ0) is 17.8. The fourth-order valence-electron chi connectivity index (χ4n) is 2.65. The summed E-state index contributed by atoms with van der Waals surface area (Å²) in [5.74, 6) is -2.02. The van der Waals surface area contributed by atoms with E-state index in [-0.39, 0.29) is 18.0 Å². The van der Waals surface area contributed by atoms with E-state index in [9.17, 15) is 13.9 Å². The molecule has 126 valence electrons. The number of aromatic hydroxyl groups is 1. The molecule has 7 heteroatoms. The molecule has 0 bridgehead atoms. The molecule has 0 spiro atoms. The van der Waals surface area contributed by atoms with Crippen LogP contribution >= 0.6 is 0 Å². The molecule has 0 aromatic heterocycles. The summed E-state index contributed by atoms with van der Waals surface area (Å²) >= 11 is 0. The zero-order valence-corrected chi connectivity index (χ0v) is 13.1. The molecule has 1 heterocycles. The van der Waals surface area contributed by atoms with Gasteiger partial charge in [0.2, 0.25) is 0 Å². The number of benzene rings is 2. The van der Waals surface area contributed by atoms with Crippen LogP contribution in [-0.2, 0) is 6.42 Å². The molecule has 1 N–H and O–H groups in total. The smallest absolute Gasteiger partial charge is 0.133 e. The molecule has 0 saturated carbocycles. The van der Waals surface area contributed by atoms with Crippen molar-refractivity contribution in [1.82, 2.24) is 0 Å². The Morgan fingerprint density at radius 2 is 1.68 bits per heavy atom. The number of hydrogen-bond donors (Lipinski definition) is 1. The summed E-state index contributed by atoms with van der Waals surface area (Å²) in [6.07, 6.45) is 3.35. The number of nitriles is 1. The summed E-state index contributed by atoms with van der Waals surface area (Å²) < 4.78 is 27.9. The lowest BCUT2D eigenvalue weighted by Gasteiger charge is -2.28. The molecule has 1 aliphatic heterocycles. The fourth-order valence-corrected chi connectivity index (χ4v) is 2.65. The molecular formula is C18H14F2N4O. The van der Waals surface area contributed by atoms with Crippen molar-refractivity contribution in [2.45, 2.75) is 12.5 Å². The van der Waals surface area contributed by atoms with Crippen LogP contribution in [0.5, 0.6) is 5.75 Å². The van der Waals surface area contributed by atoms with Gasteiger partial charge in [0.05, 0.1) is 24.1 Å². The predicted octanol–water partition coefficient (Wildman–Crippen LogP) is 3.03. The summed E-state index contributed by atoms with van der Waals surface area (Å²) in [5.41, 5.74) is 1.21. The van der Waals surface area contributed by atoms with Crippen molar-refractivity contribution in [2.75, 3.05) is 11.4 Å². The van der Waals surface area contributed by atoms with E-state index in [1.54, 1.807) is 36.7 Å². The van der Waals surface area contributed by atoms with Crippen LogP contribution in [0.1, 0.15) is 11.1 Å². The Kier molecular flexibility index (Phi) is 4.70. The first-order chi connectivity index (χ1) is 12.1. The molecule has 5 nitrogen and oxygen atoms in total. The monoisotopic (exact) mass is 340 g/mol. The van der Waals surface area contributed by atoms with Crippen molar-refractivity contribution < 1.29 is 13.9 Å². The van der Waals surface area contributed by atoms with Crippen molar-refractivity contribution in [3.63, 3.8) is 0 Å². The summed E-state index contributed by atoms with van der Waals surface area (Å²) in [5, 5.41) is 25.8. The van der Waals surface area contributed by atoms with Gasteiger partial charge in [-0.3, -0.25) is 0 Å². The highest BCUT2D eigenvalue weighted by Crippen LogP contribution is 2.23. The van der Waals surface area contributed by atoms with Gasteiger partial charge in [-0.1, -0.05) is 0 Å². The lowest BCUT2D eigenvalue weighted by atomic mass is 10.1. The van der Waals surface area contributed by atoms with Crippen molar-refractivity contribution in [1.29, 1.82) is 5.26 Å². The van der Waals surface area contributed by atoms with Crippen LogP contribution in [0.4, 0.5) is 14.5 Å². The number of halogens is 2. The van der Waals surface area contributed by atoms with Crippen LogP contribution in [0.2, 0.25) is 0 Å².